The van der Waals surface area contributed by atoms with Crippen LogP contribution in [0.4, 0.5) is 20.6 Å². The molecule has 1 aliphatic rings. The van der Waals surface area contributed by atoms with Crippen LogP contribution in [0.25, 0.3) is 16.7 Å². The summed E-state index contributed by atoms with van der Waals surface area (Å²) in [6, 6.07) is 4.27. The van der Waals surface area contributed by atoms with E-state index < -0.39 is 17.8 Å². The van der Waals surface area contributed by atoms with Crippen molar-refractivity contribution >= 4 is 40.1 Å². The molecule has 11 heteroatoms. The Hall–Kier alpha value is -4.28. The molecule has 0 radical (unpaired) electrons. The van der Waals surface area contributed by atoms with Gasteiger partial charge >= 0.3 is 6.09 Å². The van der Waals surface area contributed by atoms with E-state index in [1.165, 1.54) is 15.4 Å². The summed E-state index contributed by atoms with van der Waals surface area (Å²) in [6.45, 7) is 8.26. The third-order valence-electron chi connectivity index (χ3n) is 6.41. The summed E-state index contributed by atoms with van der Waals surface area (Å²) in [5.41, 5.74) is 3.83. The van der Waals surface area contributed by atoms with Gasteiger partial charge in [-0.1, -0.05) is 0 Å². The molecule has 10 nitrogen and oxygen atoms in total. The maximum absolute atomic E-state index is 14.5. The van der Waals surface area contributed by atoms with Gasteiger partial charge < -0.3 is 19.7 Å². The molecule has 4 aromatic rings. The van der Waals surface area contributed by atoms with E-state index in [0.717, 1.165) is 5.69 Å². The van der Waals surface area contributed by atoms with E-state index in [4.69, 9.17) is 0 Å². The van der Waals surface area contributed by atoms with E-state index in [-0.39, 0.29) is 23.4 Å². The molecule has 0 saturated carbocycles. The van der Waals surface area contributed by atoms with Crippen molar-refractivity contribution < 1.29 is 19.1 Å². The minimum Gasteiger partial charge on any atom is -0.465 e. The summed E-state index contributed by atoms with van der Waals surface area (Å²) >= 11 is 0. The lowest BCUT2D eigenvalue weighted by Crippen LogP contribution is -2.58. The van der Waals surface area contributed by atoms with Gasteiger partial charge in [0.25, 0.3) is 5.91 Å². The molecule has 0 spiro atoms. The van der Waals surface area contributed by atoms with Gasteiger partial charge in [-0.05, 0) is 39.8 Å². The molecule has 1 aromatic carbocycles. The van der Waals surface area contributed by atoms with Crippen molar-refractivity contribution in [1.82, 2.24) is 24.3 Å². The van der Waals surface area contributed by atoms with Crippen molar-refractivity contribution in [2.45, 2.75) is 39.8 Å². The Morgan fingerprint density at radius 2 is 1.78 bits per heavy atom. The van der Waals surface area contributed by atoms with Crippen LogP contribution < -0.4 is 10.2 Å². The summed E-state index contributed by atoms with van der Waals surface area (Å²) in [5, 5.41) is 12.3. The SMILES string of the molecule is Cc1cnc2c(N3CC(C)N(C(=O)O)[C@@H](C)C3)ccc(C(=O)Nc3cc(F)c4nc(C)cn4c3)c2n1. The van der Waals surface area contributed by atoms with E-state index in [2.05, 4.69) is 25.2 Å². The number of imidazole rings is 1. The van der Waals surface area contributed by atoms with Crippen LogP contribution in [0, 0.1) is 19.7 Å². The highest BCUT2D eigenvalue weighted by Gasteiger charge is 2.34. The van der Waals surface area contributed by atoms with Gasteiger partial charge in [0.15, 0.2) is 11.5 Å². The fourth-order valence-corrected chi connectivity index (χ4v) is 4.95. The number of rotatable bonds is 3. The number of pyridine rings is 1. The van der Waals surface area contributed by atoms with Gasteiger partial charge in [-0.15, -0.1) is 0 Å². The van der Waals surface area contributed by atoms with Crippen molar-refractivity contribution in [3.63, 3.8) is 0 Å². The molecule has 36 heavy (non-hydrogen) atoms. The van der Waals surface area contributed by atoms with Crippen LogP contribution in [0.15, 0.2) is 36.8 Å². The Balaban J connectivity index is 1.50. The average Bonchev–Trinajstić information content (AvgIpc) is 3.18. The van der Waals surface area contributed by atoms with Crippen LogP contribution in [0.2, 0.25) is 0 Å². The van der Waals surface area contributed by atoms with E-state index in [1.54, 1.807) is 44.6 Å². The fourth-order valence-electron chi connectivity index (χ4n) is 4.95. The fraction of sp³-hybridized carbons (Fsp3) is 0.320. The summed E-state index contributed by atoms with van der Waals surface area (Å²) in [4.78, 5) is 41.8. The Morgan fingerprint density at radius 1 is 1.06 bits per heavy atom. The number of piperazine rings is 1. The number of aromatic nitrogens is 4. The lowest BCUT2D eigenvalue weighted by molar-refractivity contribution is 0.0980. The number of anilines is 2. The second-order valence-electron chi connectivity index (χ2n) is 9.28. The molecule has 2 N–H and O–H groups in total. The predicted octanol–water partition coefficient (Wildman–Crippen LogP) is 3.86. The molecule has 1 aliphatic heterocycles. The largest absolute Gasteiger partial charge is 0.465 e. The summed E-state index contributed by atoms with van der Waals surface area (Å²) in [6.07, 6.45) is 3.98. The average molecular weight is 492 g/mol. The van der Waals surface area contributed by atoms with Crippen molar-refractivity contribution in [1.29, 1.82) is 0 Å². The Kier molecular flexibility index (Phi) is 5.70. The number of fused-ring (bicyclic) bond motifs is 2. The van der Waals surface area contributed by atoms with E-state index >= 15 is 0 Å². The zero-order valence-electron chi connectivity index (χ0n) is 20.4. The lowest BCUT2D eigenvalue weighted by Gasteiger charge is -2.44. The van der Waals surface area contributed by atoms with Gasteiger partial charge in [0, 0.05) is 37.7 Å². The van der Waals surface area contributed by atoms with Gasteiger partial charge in [0.05, 0.1) is 40.4 Å². The number of amides is 2. The molecule has 2 atom stereocenters. The number of nitrogens with one attached hydrogen (secondary N) is 1. The van der Waals surface area contributed by atoms with Crippen molar-refractivity contribution in [2.24, 2.45) is 0 Å². The number of carboxylic acid groups (broad SMARTS) is 1. The second-order valence-corrected chi connectivity index (χ2v) is 9.28. The molecule has 3 aromatic heterocycles. The molecular formula is C25H26FN7O3. The monoisotopic (exact) mass is 491 g/mol. The van der Waals surface area contributed by atoms with Gasteiger partial charge in [0.1, 0.15) is 11.0 Å². The van der Waals surface area contributed by atoms with Crippen LogP contribution in [-0.2, 0) is 0 Å². The molecule has 2 amide bonds. The van der Waals surface area contributed by atoms with E-state index in [0.29, 0.717) is 41.1 Å². The molecule has 5 rings (SSSR count). The summed E-state index contributed by atoms with van der Waals surface area (Å²) in [5.74, 6) is -0.986. The predicted molar refractivity (Wildman–Crippen MR) is 133 cm³/mol. The molecule has 186 valence electrons. The third-order valence-corrected chi connectivity index (χ3v) is 6.41. The van der Waals surface area contributed by atoms with E-state index in [1.807, 2.05) is 13.8 Å². The van der Waals surface area contributed by atoms with Crippen LogP contribution in [0.1, 0.15) is 35.6 Å². The zero-order valence-corrected chi connectivity index (χ0v) is 20.4. The van der Waals surface area contributed by atoms with Gasteiger partial charge in [-0.25, -0.2) is 19.2 Å². The first kappa shape index (κ1) is 23.5. The first-order valence-electron chi connectivity index (χ1n) is 11.6. The number of aryl methyl sites for hydroxylation is 2. The first-order chi connectivity index (χ1) is 17.1. The highest BCUT2D eigenvalue weighted by atomic mass is 19.1. The zero-order chi connectivity index (χ0) is 25.7. The van der Waals surface area contributed by atoms with Crippen LogP contribution in [0.5, 0.6) is 0 Å². The van der Waals surface area contributed by atoms with Crippen LogP contribution >= 0.6 is 0 Å². The molecule has 0 aliphatic carbocycles. The molecule has 4 heterocycles. The number of halogens is 1. The molecule has 1 unspecified atom stereocenters. The standard InChI is InChI=1S/C25H26FN7O3/c1-13-8-27-22-20(31-10-15(3)33(25(35)36)16(4)11-31)6-5-18(21(22)28-13)24(34)30-17-7-19(26)23-29-14(2)9-32(23)12-17/h5-9,12,15-16H,10-11H2,1-4H3,(H,30,34)(H,35,36)/t15-,16?/m0/s1. The number of hydrogen-bond donors (Lipinski definition) is 2. The molecule has 1 saturated heterocycles. The van der Waals surface area contributed by atoms with Crippen LogP contribution in [0.3, 0.4) is 0 Å². The van der Waals surface area contributed by atoms with Gasteiger partial charge in [-0.2, -0.15) is 0 Å². The topological polar surface area (TPSA) is 116 Å². The normalized spacial score (nSPS) is 18.1. The van der Waals surface area contributed by atoms with Crippen molar-refractivity contribution in [3.05, 3.63) is 59.6 Å². The van der Waals surface area contributed by atoms with E-state index in [9.17, 15) is 19.1 Å². The minimum atomic E-state index is -0.942. The lowest BCUT2D eigenvalue weighted by atomic mass is 10.1. The summed E-state index contributed by atoms with van der Waals surface area (Å²) in [7, 11) is 0. The van der Waals surface area contributed by atoms with Crippen molar-refractivity contribution in [3.8, 4) is 0 Å². The van der Waals surface area contributed by atoms with Crippen LogP contribution in [-0.4, -0.2) is 66.5 Å². The smallest absolute Gasteiger partial charge is 0.407 e. The maximum Gasteiger partial charge on any atom is 0.407 e. The Morgan fingerprint density at radius 3 is 2.47 bits per heavy atom. The number of carbonyl (C=O) groups excluding carboxylic acids is 1. The quantitative estimate of drug-likeness (QED) is 0.447. The third kappa shape index (κ3) is 4.06. The number of benzene rings is 1. The highest BCUT2D eigenvalue weighted by molar-refractivity contribution is 6.13. The second kappa shape index (κ2) is 8.74. The first-order valence-corrected chi connectivity index (χ1v) is 11.6. The molecule has 0 bridgehead atoms. The Labute approximate surface area is 206 Å². The number of carbonyl (C=O) groups is 2. The minimum absolute atomic E-state index is 0.188. The maximum atomic E-state index is 14.5. The number of hydrogen-bond acceptors (Lipinski definition) is 6. The number of nitrogens with zero attached hydrogens (tertiary/aromatic N) is 6. The van der Waals surface area contributed by atoms with Gasteiger partial charge in [-0.3, -0.25) is 14.7 Å². The van der Waals surface area contributed by atoms with Gasteiger partial charge in [0.2, 0.25) is 0 Å². The summed E-state index contributed by atoms with van der Waals surface area (Å²) < 4.78 is 16.0. The molecular weight excluding hydrogens is 465 g/mol. The van der Waals surface area contributed by atoms with Crippen molar-refractivity contribution in [2.75, 3.05) is 23.3 Å². The molecule has 1 fully saturated rings. The highest BCUT2D eigenvalue weighted by Crippen LogP contribution is 2.31. The Bertz CT molecular complexity index is 1510.